The molecule has 0 unspecified atom stereocenters. The number of carbonyl (C=O) groups is 1. The van der Waals surface area contributed by atoms with Crippen LogP contribution < -0.4 is 10.1 Å². The van der Waals surface area contributed by atoms with E-state index in [1.54, 1.807) is 66.9 Å². The summed E-state index contributed by atoms with van der Waals surface area (Å²) in [6, 6.07) is 19.3. The summed E-state index contributed by atoms with van der Waals surface area (Å²) in [6.45, 7) is 0. The number of tetrazole rings is 1. The van der Waals surface area contributed by atoms with Crippen molar-refractivity contribution in [3.8, 4) is 17.6 Å². The molecule has 1 N–H and O–H groups in total. The average molecular weight is 356 g/mol. The molecule has 0 aliphatic rings. The van der Waals surface area contributed by atoms with Gasteiger partial charge in [0.2, 0.25) is 0 Å². The van der Waals surface area contributed by atoms with Crippen LogP contribution in [0, 0.1) is 11.3 Å². The quantitative estimate of drug-likeness (QED) is 0.602. The summed E-state index contributed by atoms with van der Waals surface area (Å²) < 4.78 is 7.15. The number of rotatable bonds is 4. The van der Waals surface area contributed by atoms with Crippen LogP contribution in [-0.2, 0) is 0 Å². The predicted octanol–water partition coefficient (Wildman–Crippen LogP) is 3.04. The molecule has 2 aromatic heterocycles. The zero-order valence-corrected chi connectivity index (χ0v) is 13.9. The van der Waals surface area contributed by atoms with E-state index in [1.165, 1.54) is 4.52 Å². The van der Waals surface area contributed by atoms with Crippen molar-refractivity contribution in [2.75, 3.05) is 5.32 Å². The third kappa shape index (κ3) is 3.43. The van der Waals surface area contributed by atoms with E-state index >= 15 is 0 Å². The lowest BCUT2D eigenvalue weighted by molar-refractivity contribution is 0.102. The fourth-order valence-electron chi connectivity index (χ4n) is 2.46. The normalized spacial score (nSPS) is 10.3. The largest absolute Gasteiger partial charge is 0.456 e. The molecule has 0 atom stereocenters. The van der Waals surface area contributed by atoms with Crippen LogP contribution in [-0.4, -0.2) is 25.9 Å². The van der Waals surface area contributed by atoms with Gasteiger partial charge in [-0.2, -0.15) is 9.78 Å². The topological polar surface area (TPSA) is 105 Å². The number of para-hydroxylation sites is 1. The maximum atomic E-state index is 12.4. The Hall–Kier alpha value is -4.25. The monoisotopic (exact) mass is 356 g/mol. The van der Waals surface area contributed by atoms with Gasteiger partial charge in [0.15, 0.2) is 5.65 Å². The summed E-state index contributed by atoms with van der Waals surface area (Å²) in [5.74, 6) is 0.758. The molecule has 0 bridgehead atoms. The molecule has 0 aliphatic heterocycles. The summed E-state index contributed by atoms with van der Waals surface area (Å²) in [6.07, 6.45) is 1.56. The standard InChI is InChI=1S/C19H12N6O2/c20-11-13-3-1-2-4-17(13)27-16-8-6-15(7-9-16)21-19(26)14-5-10-18-22-23-24-25(18)12-14/h1-10,12H,(H,21,26). The molecular weight excluding hydrogens is 344 g/mol. The van der Waals surface area contributed by atoms with Crippen molar-refractivity contribution in [3.63, 3.8) is 0 Å². The molecule has 0 fully saturated rings. The number of fused-ring (bicyclic) bond motifs is 1. The second kappa shape index (κ2) is 6.93. The lowest BCUT2D eigenvalue weighted by Gasteiger charge is -2.09. The Morgan fingerprint density at radius 3 is 2.70 bits per heavy atom. The van der Waals surface area contributed by atoms with Gasteiger partial charge in [0.1, 0.15) is 17.6 Å². The van der Waals surface area contributed by atoms with Crippen LogP contribution in [0.15, 0.2) is 66.9 Å². The minimum absolute atomic E-state index is 0.282. The summed E-state index contributed by atoms with van der Waals surface area (Å²) in [5.41, 5.74) is 2.05. The van der Waals surface area contributed by atoms with Crippen LogP contribution in [0.1, 0.15) is 15.9 Å². The average Bonchev–Trinajstić information content (AvgIpc) is 3.17. The number of benzene rings is 2. The summed E-state index contributed by atoms with van der Waals surface area (Å²) in [4.78, 5) is 12.4. The molecule has 130 valence electrons. The molecule has 27 heavy (non-hydrogen) atoms. The lowest BCUT2D eigenvalue weighted by Crippen LogP contribution is -2.12. The Morgan fingerprint density at radius 1 is 1.07 bits per heavy atom. The van der Waals surface area contributed by atoms with Gasteiger partial charge in [-0.05, 0) is 59.0 Å². The molecule has 1 amide bonds. The molecular formula is C19H12N6O2. The van der Waals surface area contributed by atoms with Crippen molar-refractivity contribution in [2.45, 2.75) is 0 Å². The number of nitrogens with zero attached hydrogens (tertiary/aromatic N) is 5. The van der Waals surface area contributed by atoms with Gasteiger partial charge in [-0.25, -0.2) is 0 Å². The third-order valence-electron chi connectivity index (χ3n) is 3.80. The van der Waals surface area contributed by atoms with Gasteiger partial charge < -0.3 is 10.1 Å². The Bertz CT molecular complexity index is 1160. The Kier molecular flexibility index (Phi) is 4.17. The molecule has 2 aromatic carbocycles. The van der Waals surface area contributed by atoms with Crippen LogP contribution in [0.4, 0.5) is 5.69 Å². The van der Waals surface area contributed by atoms with E-state index in [4.69, 9.17) is 10.00 Å². The second-order valence-corrected chi connectivity index (χ2v) is 5.59. The highest BCUT2D eigenvalue weighted by molar-refractivity contribution is 6.04. The van der Waals surface area contributed by atoms with Gasteiger partial charge >= 0.3 is 0 Å². The van der Waals surface area contributed by atoms with Crippen LogP contribution >= 0.6 is 0 Å². The first kappa shape index (κ1) is 16.2. The molecule has 0 aliphatic carbocycles. The van der Waals surface area contributed by atoms with Gasteiger partial charge in [-0.15, -0.1) is 5.10 Å². The number of nitriles is 1. The number of nitrogens with one attached hydrogen (secondary N) is 1. The SMILES string of the molecule is N#Cc1ccccc1Oc1ccc(NC(=O)c2ccc3nnnn3c2)cc1. The second-order valence-electron chi connectivity index (χ2n) is 5.59. The highest BCUT2D eigenvalue weighted by atomic mass is 16.5. The number of pyridine rings is 1. The van der Waals surface area contributed by atoms with Crippen LogP contribution in [0.3, 0.4) is 0 Å². The summed E-state index contributed by atoms with van der Waals surface area (Å²) in [7, 11) is 0. The van der Waals surface area contributed by atoms with Gasteiger partial charge in [0.05, 0.1) is 11.1 Å². The van der Waals surface area contributed by atoms with Crippen LogP contribution in [0.5, 0.6) is 11.5 Å². The molecule has 0 saturated carbocycles. The maximum Gasteiger partial charge on any atom is 0.257 e. The Morgan fingerprint density at radius 2 is 1.89 bits per heavy atom. The molecule has 2 heterocycles. The number of hydrogen-bond acceptors (Lipinski definition) is 6. The van der Waals surface area contributed by atoms with Crippen molar-refractivity contribution >= 4 is 17.2 Å². The minimum atomic E-state index is -0.282. The smallest absolute Gasteiger partial charge is 0.257 e. The van der Waals surface area contributed by atoms with E-state index in [0.717, 1.165) is 0 Å². The van der Waals surface area contributed by atoms with Crippen molar-refractivity contribution in [2.24, 2.45) is 0 Å². The van der Waals surface area contributed by atoms with E-state index < -0.39 is 0 Å². The minimum Gasteiger partial charge on any atom is -0.456 e. The Labute approximate surface area is 153 Å². The van der Waals surface area contributed by atoms with E-state index in [2.05, 4.69) is 26.9 Å². The van der Waals surface area contributed by atoms with E-state index in [-0.39, 0.29) is 5.91 Å². The summed E-state index contributed by atoms with van der Waals surface area (Å²) >= 11 is 0. The van der Waals surface area contributed by atoms with Crippen molar-refractivity contribution in [1.82, 2.24) is 20.0 Å². The molecule has 4 aromatic rings. The van der Waals surface area contributed by atoms with Crippen LogP contribution in [0.25, 0.3) is 5.65 Å². The fourth-order valence-corrected chi connectivity index (χ4v) is 2.46. The lowest BCUT2D eigenvalue weighted by atomic mass is 10.2. The molecule has 8 nitrogen and oxygen atoms in total. The first-order chi connectivity index (χ1) is 13.2. The Balaban J connectivity index is 1.47. The molecule has 0 saturated heterocycles. The molecule has 0 spiro atoms. The third-order valence-corrected chi connectivity index (χ3v) is 3.80. The van der Waals surface area contributed by atoms with Crippen LogP contribution in [0.2, 0.25) is 0 Å². The maximum absolute atomic E-state index is 12.4. The van der Waals surface area contributed by atoms with Gasteiger partial charge in [-0.1, -0.05) is 12.1 Å². The van der Waals surface area contributed by atoms with Gasteiger partial charge in [0, 0.05) is 11.9 Å². The van der Waals surface area contributed by atoms with Gasteiger partial charge in [-0.3, -0.25) is 4.79 Å². The zero-order chi connectivity index (χ0) is 18.6. The molecule has 4 rings (SSSR count). The van der Waals surface area contributed by atoms with E-state index in [9.17, 15) is 4.79 Å². The number of amides is 1. The number of carbonyl (C=O) groups excluding carboxylic acids is 1. The number of ether oxygens (including phenoxy) is 1. The van der Waals surface area contributed by atoms with Gasteiger partial charge in [0.25, 0.3) is 5.91 Å². The number of aromatic nitrogens is 4. The number of hydrogen-bond donors (Lipinski definition) is 1. The zero-order valence-electron chi connectivity index (χ0n) is 13.9. The van der Waals surface area contributed by atoms with Crippen molar-refractivity contribution < 1.29 is 9.53 Å². The van der Waals surface area contributed by atoms with E-state index in [0.29, 0.717) is 34.0 Å². The number of anilines is 1. The predicted molar refractivity (Wildman–Crippen MR) is 96.4 cm³/mol. The first-order valence-electron chi connectivity index (χ1n) is 7.99. The van der Waals surface area contributed by atoms with Crippen molar-refractivity contribution in [3.05, 3.63) is 78.0 Å². The summed E-state index contributed by atoms with van der Waals surface area (Å²) in [5, 5.41) is 23.0. The highest BCUT2D eigenvalue weighted by Gasteiger charge is 2.09. The highest BCUT2D eigenvalue weighted by Crippen LogP contribution is 2.26. The fraction of sp³-hybridized carbons (Fsp3) is 0. The first-order valence-corrected chi connectivity index (χ1v) is 7.99. The molecule has 8 heteroatoms. The van der Waals surface area contributed by atoms with Crippen molar-refractivity contribution in [1.29, 1.82) is 5.26 Å². The molecule has 0 radical (unpaired) electrons. The van der Waals surface area contributed by atoms with E-state index in [1.807, 2.05) is 0 Å².